The molecule has 1 saturated carbocycles. The minimum Gasteiger partial charge on any atom is -0.312 e. The molecule has 0 aromatic carbocycles. The zero-order valence-corrected chi connectivity index (χ0v) is 11.9. The van der Waals surface area contributed by atoms with Crippen LogP contribution in [0.5, 0.6) is 0 Å². The van der Waals surface area contributed by atoms with Crippen molar-refractivity contribution in [1.82, 2.24) is 10.2 Å². The summed E-state index contributed by atoms with van der Waals surface area (Å²) in [5.74, 6) is 0.981. The normalized spacial score (nSPS) is 36.4. The zero-order chi connectivity index (χ0) is 12.3. The van der Waals surface area contributed by atoms with Gasteiger partial charge in [0.1, 0.15) is 0 Å². The minimum atomic E-state index is 0.692. The maximum atomic E-state index is 3.64. The highest BCUT2D eigenvalue weighted by Crippen LogP contribution is 2.26. The first kappa shape index (κ1) is 13.4. The van der Waals surface area contributed by atoms with Gasteiger partial charge in [-0.05, 0) is 52.5 Å². The quantitative estimate of drug-likeness (QED) is 0.813. The van der Waals surface area contributed by atoms with Crippen LogP contribution in [-0.4, -0.2) is 36.6 Å². The largest absolute Gasteiger partial charge is 0.312 e. The lowest BCUT2D eigenvalue weighted by molar-refractivity contribution is 0.128. The molecule has 17 heavy (non-hydrogen) atoms. The van der Waals surface area contributed by atoms with E-state index in [0.717, 1.165) is 12.0 Å². The molecule has 2 aliphatic rings. The van der Waals surface area contributed by atoms with E-state index in [1.807, 2.05) is 0 Å². The van der Waals surface area contributed by atoms with Crippen molar-refractivity contribution in [3.63, 3.8) is 0 Å². The molecule has 2 heteroatoms. The highest BCUT2D eigenvalue weighted by atomic mass is 15.1. The average Bonchev–Trinajstić information content (AvgIpc) is 2.29. The summed E-state index contributed by atoms with van der Waals surface area (Å²) < 4.78 is 0. The standard InChI is InChI=1S/C15H30N2/c1-12-9-15(10-13(2)16-12)17(3)11-14-7-5-4-6-8-14/h12-16H,4-11H2,1-3H3. The second kappa shape index (κ2) is 6.19. The summed E-state index contributed by atoms with van der Waals surface area (Å²) >= 11 is 0. The van der Waals surface area contributed by atoms with Gasteiger partial charge in [0.2, 0.25) is 0 Å². The third-order valence-electron chi connectivity index (χ3n) is 4.71. The fourth-order valence-corrected chi connectivity index (χ4v) is 3.82. The molecule has 2 nitrogen and oxygen atoms in total. The van der Waals surface area contributed by atoms with Gasteiger partial charge in [0.25, 0.3) is 0 Å². The Labute approximate surface area is 107 Å². The van der Waals surface area contributed by atoms with Crippen molar-refractivity contribution in [1.29, 1.82) is 0 Å². The molecule has 0 bridgehead atoms. The zero-order valence-electron chi connectivity index (χ0n) is 11.9. The van der Waals surface area contributed by atoms with E-state index in [2.05, 4.69) is 31.1 Å². The highest BCUT2D eigenvalue weighted by Gasteiger charge is 2.27. The maximum absolute atomic E-state index is 3.64. The Bertz CT molecular complexity index is 213. The maximum Gasteiger partial charge on any atom is 0.0122 e. The van der Waals surface area contributed by atoms with E-state index in [1.54, 1.807) is 0 Å². The molecule has 2 unspecified atom stereocenters. The Balaban J connectivity index is 1.79. The van der Waals surface area contributed by atoms with Gasteiger partial charge in [0.15, 0.2) is 0 Å². The van der Waals surface area contributed by atoms with Crippen LogP contribution in [0.15, 0.2) is 0 Å². The summed E-state index contributed by atoms with van der Waals surface area (Å²) in [6.45, 7) is 6.00. The molecule has 1 N–H and O–H groups in total. The molecule has 2 rings (SSSR count). The number of hydrogen-bond donors (Lipinski definition) is 1. The first-order valence-electron chi connectivity index (χ1n) is 7.61. The topological polar surface area (TPSA) is 15.3 Å². The van der Waals surface area contributed by atoms with Crippen LogP contribution in [0.3, 0.4) is 0 Å². The summed E-state index contributed by atoms with van der Waals surface area (Å²) in [6.07, 6.45) is 10.0. The number of hydrogen-bond acceptors (Lipinski definition) is 2. The van der Waals surface area contributed by atoms with Gasteiger partial charge in [-0.3, -0.25) is 0 Å². The lowest BCUT2D eigenvalue weighted by atomic mass is 9.87. The number of piperidine rings is 1. The van der Waals surface area contributed by atoms with Gasteiger partial charge >= 0.3 is 0 Å². The van der Waals surface area contributed by atoms with Gasteiger partial charge < -0.3 is 10.2 Å². The van der Waals surface area contributed by atoms with Crippen molar-refractivity contribution in [2.24, 2.45) is 5.92 Å². The predicted molar refractivity (Wildman–Crippen MR) is 74.3 cm³/mol. The molecule has 1 heterocycles. The van der Waals surface area contributed by atoms with Gasteiger partial charge in [-0.1, -0.05) is 19.3 Å². The van der Waals surface area contributed by atoms with Crippen LogP contribution in [0.4, 0.5) is 0 Å². The van der Waals surface area contributed by atoms with Gasteiger partial charge in [0.05, 0.1) is 0 Å². The SMILES string of the molecule is CC1CC(N(C)CC2CCCCC2)CC(C)N1. The molecule has 1 saturated heterocycles. The monoisotopic (exact) mass is 238 g/mol. The second-order valence-corrected chi connectivity index (χ2v) is 6.54. The fourth-order valence-electron chi connectivity index (χ4n) is 3.82. The van der Waals surface area contributed by atoms with Crippen LogP contribution < -0.4 is 5.32 Å². The Hall–Kier alpha value is -0.0800. The molecule has 100 valence electrons. The Morgan fingerprint density at radius 1 is 1.00 bits per heavy atom. The Kier molecular flexibility index (Phi) is 4.87. The second-order valence-electron chi connectivity index (χ2n) is 6.54. The summed E-state index contributed by atoms with van der Waals surface area (Å²) in [5.41, 5.74) is 0. The highest BCUT2D eigenvalue weighted by molar-refractivity contribution is 4.86. The van der Waals surface area contributed by atoms with Gasteiger partial charge in [0, 0.05) is 24.7 Å². The third kappa shape index (κ3) is 3.96. The van der Waals surface area contributed by atoms with Crippen molar-refractivity contribution < 1.29 is 0 Å². The van der Waals surface area contributed by atoms with Crippen molar-refractivity contribution in [2.75, 3.05) is 13.6 Å². The van der Waals surface area contributed by atoms with E-state index in [9.17, 15) is 0 Å². The lowest BCUT2D eigenvalue weighted by Crippen LogP contribution is -2.50. The molecule has 0 amide bonds. The molecule has 2 fully saturated rings. The first-order valence-corrected chi connectivity index (χ1v) is 7.61. The van der Waals surface area contributed by atoms with Crippen molar-refractivity contribution in [2.45, 2.75) is 76.9 Å². The van der Waals surface area contributed by atoms with E-state index >= 15 is 0 Å². The van der Waals surface area contributed by atoms with Crippen LogP contribution in [0, 0.1) is 5.92 Å². The van der Waals surface area contributed by atoms with Crippen molar-refractivity contribution in [3.8, 4) is 0 Å². The molecule has 0 radical (unpaired) electrons. The molecule has 0 aromatic rings. The van der Waals surface area contributed by atoms with Gasteiger partial charge in [-0.25, -0.2) is 0 Å². The van der Waals surface area contributed by atoms with Crippen molar-refractivity contribution >= 4 is 0 Å². The molecule has 0 aromatic heterocycles. The minimum absolute atomic E-state index is 0.692. The molecule has 2 atom stereocenters. The summed E-state index contributed by atoms with van der Waals surface area (Å²) in [6, 6.07) is 2.19. The van der Waals surface area contributed by atoms with E-state index < -0.39 is 0 Å². The molecular weight excluding hydrogens is 208 g/mol. The smallest absolute Gasteiger partial charge is 0.0122 e. The van der Waals surface area contributed by atoms with Gasteiger partial charge in [-0.15, -0.1) is 0 Å². The lowest BCUT2D eigenvalue weighted by Gasteiger charge is -2.40. The number of rotatable bonds is 3. The van der Waals surface area contributed by atoms with Gasteiger partial charge in [-0.2, -0.15) is 0 Å². The van der Waals surface area contributed by atoms with Crippen LogP contribution >= 0.6 is 0 Å². The van der Waals surface area contributed by atoms with Crippen LogP contribution in [0.2, 0.25) is 0 Å². The summed E-state index contributed by atoms with van der Waals surface area (Å²) in [7, 11) is 2.35. The average molecular weight is 238 g/mol. The van der Waals surface area contributed by atoms with E-state index in [0.29, 0.717) is 12.1 Å². The molecule has 0 spiro atoms. The Morgan fingerprint density at radius 3 is 2.18 bits per heavy atom. The van der Waals surface area contributed by atoms with E-state index in [4.69, 9.17) is 0 Å². The summed E-state index contributed by atoms with van der Waals surface area (Å²) in [4.78, 5) is 2.66. The van der Waals surface area contributed by atoms with Crippen molar-refractivity contribution in [3.05, 3.63) is 0 Å². The predicted octanol–water partition coefficient (Wildman–Crippen LogP) is 3.03. The van der Waals surface area contributed by atoms with E-state index in [-0.39, 0.29) is 0 Å². The molecule has 1 aliphatic carbocycles. The van der Waals surface area contributed by atoms with Crippen LogP contribution in [0.25, 0.3) is 0 Å². The fraction of sp³-hybridized carbons (Fsp3) is 1.00. The molecule has 1 aliphatic heterocycles. The molecular formula is C15H30N2. The van der Waals surface area contributed by atoms with Crippen LogP contribution in [-0.2, 0) is 0 Å². The van der Waals surface area contributed by atoms with E-state index in [1.165, 1.54) is 51.5 Å². The van der Waals surface area contributed by atoms with Crippen LogP contribution in [0.1, 0.15) is 58.8 Å². The first-order chi connectivity index (χ1) is 8.15. The number of nitrogens with one attached hydrogen (secondary N) is 1. The third-order valence-corrected chi connectivity index (χ3v) is 4.71. The Morgan fingerprint density at radius 2 is 1.59 bits per heavy atom. The summed E-state index contributed by atoms with van der Waals surface area (Å²) in [5, 5.41) is 3.64. The number of nitrogens with zero attached hydrogens (tertiary/aromatic N) is 1.